The molecule has 2 heteroatoms. The first kappa shape index (κ1) is 14.5. The van der Waals surface area contributed by atoms with Gasteiger partial charge in [0.2, 0.25) is 0 Å². The van der Waals surface area contributed by atoms with Crippen LogP contribution in [0.2, 0.25) is 0 Å². The summed E-state index contributed by atoms with van der Waals surface area (Å²) in [6.07, 6.45) is 3.94. The standard InChI is InChI=1S/C17H28N2/c1-3-12-19(14-17-10-7-11-18-17)13-15(2)16-8-5-4-6-9-16/h4-6,8-9,15,17-18H,3,7,10-14H2,1-2H3. The predicted octanol–water partition coefficient (Wildman–Crippen LogP) is 3.25. The van der Waals surface area contributed by atoms with E-state index in [2.05, 4.69) is 54.4 Å². The van der Waals surface area contributed by atoms with Crippen LogP contribution in [0.1, 0.15) is 44.6 Å². The Morgan fingerprint density at radius 1 is 1.32 bits per heavy atom. The average molecular weight is 260 g/mol. The van der Waals surface area contributed by atoms with Crippen LogP contribution in [0.25, 0.3) is 0 Å². The summed E-state index contributed by atoms with van der Waals surface area (Å²) in [5.41, 5.74) is 1.46. The number of nitrogens with one attached hydrogen (secondary N) is 1. The minimum atomic E-state index is 0.620. The third kappa shape index (κ3) is 4.63. The molecule has 1 saturated heterocycles. The van der Waals surface area contributed by atoms with E-state index in [0.29, 0.717) is 5.92 Å². The van der Waals surface area contributed by atoms with E-state index in [1.54, 1.807) is 0 Å². The normalized spacial score (nSPS) is 20.9. The zero-order chi connectivity index (χ0) is 13.5. The summed E-state index contributed by atoms with van der Waals surface area (Å²) in [4.78, 5) is 2.64. The molecule has 2 rings (SSSR count). The highest BCUT2D eigenvalue weighted by atomic mass is 15.2. The summed E-state index contributed by atoms with van der Waals surface area (Å²) in [5, 5.41) is 3.62. The maximum Gasteiger partial charge on any atom is 0.0195 e. The molecule has 106 valence electrons. The lowest BCUT2D eigenvalue weighted by molar-refractivity contribution is 0.238. The molecule has 1 N–H and O–H groups in total. The van der Waals surface area contributed by atoms with Crippen molar-refractivity contribution < 1.29 is 0 Å². The molecule has 0 radical (unpaired) electrons. The predicted molar refractivity (Wildman–Crippen MR) is 82.6 cm³/mol. The van der Waals surface area contributed by atoms with Gasteiger partial charge in [-0.1, -0.05) is 44.2 Å². The van der Waals surface area contributed by atoms with E-state index in [4.69, 9.17) is 0 Å². The summed E-state index contributed by atoms with van der Waals surface area (Å²) in [6.45, 7) is 9.44. The Morgan fingerprint density at radius 3 is 2.74 bits per heavy atom. The molecule has 1 heterocycles. The lowest BCUT2D eigenvalue weighted by Gasteiger charge is -2.28. The molecule has 1 aliphatic heterocycles. The van der Waals surface area contributed by atoms with Gasteiger partial charge in [-0.05, 0) is 43.8 Å². The zero-order valence-electron chi connectivity index (χ0n) is 12.4. The minimum absolute atomic E-state index is 0.620. The second kappa shape index (κ2) is 7.66. The molecule has 0 aromatic heterocycles. The van der Waals surface area contributed by atoms with Gasteiger partial charge in [0.1, 0.15) is 0 Å². The van der Waals surface area contributed by atoms with E-state index in [0.717, 1.165) is 6.04 Å². The highest BCUT2D eigenvalue weighted by Gasteiger charge is 2.19. The number of benzene rings is 1. The Kier molecular flexibility index (Phi) is 5.87. The molecule has 0 bridgehead atoms. The molecule has 1 aromatic carbocycles. The average Bonchev–Trinajstić information content (AvgIpc) is 2.93. The van der Waals surface area contributed by atoms with E-state index in [-0.39, 0.29) is 0 Å². The van der Waals surface area contributed by atoms with Crippen molar-refractivity contribution in [2.45, 2.75) is 45.1 Å². The highest BCUT2D eigenvalue weighted by Crippen LogP contribution is 2.17. The van der Waals surface area contributed by atoms with Crippen LogP contribution in [0.15, 0.2) is 30.3 Å². The maximum atomic E-state index is 3.62. The monoisotopic (exact) mass is 260 g/mol. The van der Waals surface area contributed by atoms with Crippen molar-refractivity contribution in [3.05, 3.63) is 35.9 Å². The van der Waals surface area contributed by atoms with Gasteiger partial charge in [-0.2, -0.15) is 0 Å². The van der Waals surface area contributed by atoms with Gasteiger partial charge in [0, 0.05) is 19.1 Å². The smallest absolute Gasteiger partial charge is 0.0195 e. The van der Waals surface area contributed by atoms with Crippen molar-refractivity contribution in [1.82, 2.24) is 10.2 Å². The minimum Gasteiger partial charge on any atom is -0.313 e. The van der Waals surface area contributed by atoms with Gasteiger partial charge in [0.25, 0.3) is 0 Å². The van der Waals surface area contributed by atoms with Crippen molar-refractivity contribution in [3.8, 4) is 0 Å². The van der Waals surface area contributed by atoms with Crippen molar-refractivity contribution in [1.29, 1.82) is 0 Å². The molecule has 0 aliphatic carbocycles. The van der Waals surface area contributed by atoms with Crippen LogP contribution < -0.4 is 5.32 Å². The fraction of sp³-hybridized carbons (Fsp3) is 0.647. The number of nitrogens with zero attached hydrogens (tertiary/aromatic N) is 1. The number of hydrogen-bond donors (Lipinski definition) is 1. The van der Waals surface area contributed by atoms with Crippen LogP contribution in [-0.4, -0.2) is 37.1 Å². The molecule has 1 fully saturated rings. The Bertz CT molecular complexity index is 344. The third-order valence-corrected chi connectivity index (χ3v) is 4.08. The first-order valence-electron chi connectivity index (χ1n) is 7.80. The van der Waals surface area contributed by atoms with Gasteiger partial charge in [0.15, 0.2) is 0 Å². The zero-order valence-corrected chi connectivity index (χ0v) is 12.4. The van der Waals surface area contributed by atoms with E-state index in [1.165, 1.54) is 51.0 Å². The molecule has 2 nitrogen and oxygen atoms in total. The van der Waals surface area contributed by atoms with Gasteiger partial charge in [0.05, 0.1) is 0 Å². The Labute approximate surface area is 118 Å². The maximum absolute atomic E-state index is 3.62. The molecule has 0 saturated carbocycles. The number of rotatable bonds is 7. The van der Waals surface area contributed by atoms with E-state index in [1.807, 2.05) is 0 Å². The van der Waals surface area contributed by atoms with Crippen LogP contribution in [0.5, 0.6) is 0 Å². The van der Waals surface area contributed by atoms with Crippen LogP contribution in [-0.2, 0) is 0 Å². The van der Waals surface area contributed by atoms with Crippen LogP contribution >= 0.6 is 0 Å². The summed E-state index contributed by atoms with van der Waals surface area (Å²) < 4.78 is 0. The molecule has 2 unspecified atom stereocenters. The Hall–Kier alpha value is -0.860. The van der Waals surface area contributed by atoms with Gasteiger partial charge < -0.3 is 10.2 Å². The second-order valence-corrected chi connectivity index (χ2v) is 5.86. The van der Waals surface area contributed by atoms with Crippen molar-refractivity contribution in [2.75, 3.05) is 26.2 Å². The third-order valence-electron chi connectivity index (χ3n) is 4.08. The van der Waals surface area contributed by atoms with Gasteiger partial charge in [-0.25, -0.2) is 0 Å². The Morgan fingerprint density at radius 2 is 2.11 bits per heavy atom. The highest BCUT2D eigenvalue weighted by molar-refractivity contribution is 5.19. The summed E-state index contributed by atoms with van der Waals surface area (Å²) >= 11 is 0. The molecule has 2 atom stereocenters. The SMILES string of the molecule is CCCN(CC1CCCN1)CC(C)c1ccccc1. The number of hydrogen-bond acceptors (Lipinski definition) is 2. The summed E-state index contributed by atoms with van der Waals surface area (Å²) in [6, 6.07) is 11.6. The van der Waals surface area contributed by atoms with Crippen LogP contribution in [0.4, 0.5) is 0 Å². The van der Waals surface area contributed by atoms with Crippen molar-refractivity contribution >= 4 is 0 Å². The molecular formula is C17H28N2. The largest absolute Gasteiger partial charge is 0.313 e. The lowest BCUT2D eigenvalue weighted by Crippen LogP contribution is -2.39. The van der Waals surface area contributed by atoms with Crippen molar-refractivity contribution in [2.24, 2.45) is 0 Å². The topological polar surface area (TPSA) is 15.3 Å². The second-order valence-electron chi connectivity index (χ2n) is 5.86. The van der Waals surface area contributed by atoms with Crippen LogP contribution in [0.3, 0.4) is 0 Å². The summed E-state index contributed by atoms with van der Waals surface area (Å²) in [5.74, 6) is 0.620. The molecule has 0 spiro atoms. The van der Waals surface area contributed by atoms with E-state index >= 15 is 0 Å². The van der Waals surface area contributed by atoms with Gasteiger partial charge in [-0.3, -0.25) is 0 Å². The first-order chi connectivity index (χ1) is 9.29. The molecule has 0 amide bonds. The van der Waals surface area contributed by atoms with E-state index in [9.17, 15) is 0 Å². The summed E-state index contributed by atoms with van der Waals surface area (Å²) in [7, 11) is 0. The van der Waals surface area contributed by atoms with E-state index < -0.39 is 0 Å². The molecule has 1 aromatic rings. The van der Waals surface area contributed by atoms with Gasteiger partial charge in [-0.15, -0.1) is 0 Å². The fourth-order valence-electron chi connectivity index (χ4n) is 3.07. The fourth-order valence-corrected chi connectivity index (χ4v) is 3.07. The molecule has 1 aliphatic rings. The molecule has 19 heavy (non-hydrogen) atoms. The van der Waals surface area contributed by atoms with Crippen molar-refractivity contribution in [3.63, 3.8) is 0 Å². The quantitative estimate of drug-likeness (QED) is 0.809. The lowest BCUT2D eigenvalue weighted by atomic mass is 10.0. The Balaban J connectivity index is 1.88. The van der Waals surface area contributed by atoms with Crippen LogP contribution in [0, 0.1) is 0 Å². The van der Waals surface area contributed by atoms with Gasteiger partial charge >= 0.3 is 0 Å². The molecular weight excluding hydrogens is 232 g/mol. The first-order valence-corrected chi connectivity index (χ1v) is 7.80.